The second kappa shape index (κ2) is 4.58. The molecule has 0 unspecified atom stereocenters. The first kappa shape index (κ1) is 12.8. The summed E-state index contributed by atoms with van der Waals surface area (Å²) in [5.74, 6) is 1.93. The van der Waals surface area contributed by atoms with Gasteiger partial charge in [0, 0.05) is 7.05 Å². The van der Waals surface area contributed by atoms with Gasteiger partial charge in [-0.2, -0.15) is 4.31 Å². The molecule has 0 aliphatic rings. The highest BCUT2D eigenvalue weighted by Gasteiger charge is 2.23. The molecule has 7 heteroatoms. The number of aromatic amines is 1. The zero-order valence-electron chi connectivity index (χ0n) is 10.5. The van der Waals surface area contributed by atoms with Crippen LogP contribution in [0.15, 0.2) is 27.8 Å². The summed E-state index contributed by atoms with van der Waals surface area (Å²) in [6.07, 6.45) is 1.31. The Labute approximate surface area is 106 Å². The lowest BCUT2D eigenvalue weighted by molar-refractivity contribution is 0.396. The monoisotopic (exact) mass is 269 g/mol. The smallest absolute Gasteiger partial charge is 0.260 e. The number of aromatic nitrogens is 2. The average Bonchev–Trinajstić information content (AvgIpc) is 2.88. The Morgan fingerprint density at radius 3 is 2.61 bits per heavy atom. The summed E-state index contributed by atoms with van der Waals surface area (Å²) in [6.45, 7) is 3.71. The van der Waals surface area contributed by atoms with Gasteiger partial charge in [-0.1, -0.05) is 0 Å². The van der Waals surface area contributed by atoms with Crippen LogP contribution in [0.25, 0.3) is 0 Å². The normalized spacial score (nSPS) is 12.2. The van der Waals surface area contributed by atoms with E-state index in [1.807, 2.05) is 6.92 Å². The van der Waals surface area contributed by atoms with E-state index in [1.165, 1.54) is 17.5 Å². The molecule has 0 fully saturated rings. The van der Waals surface area contributed by atoms with Crippen LogP contribution in [-0.2, 0) is 16.6 Å². The van der Waals surface area contributed by atoms with Crippen LogP contribution in [0.3, 0.4) is 0 Å². The fourth-order valence-corrected chi connectivity index (χ4v) is 2.67. The molecule has 0 aliphatic carbocycles. The molecule has 0 saturated heterocycles. The Morgan fingerprint density at radius 1 is 1.39 bits per heavy atom. The van der Waals surface area contributed by atoms with Gasteiger partial charge in [-0.15, -0.1) is 0 Å². The number of hydrogen-bond donors (Lipinski definition) is 1. The van der Waals surface area contributed by atoms with Crippen molar-refractivity contribution in [2.45, 2.75) is 25.4 Å². The summed E-state index contributed by atoms with van der Waals surface area (Å²) in [4.78, 5) is 6.61. The van der Waals surface area contributed by atoms with E-state index in [1.54, 1.807) is 19.1 Å². The van der Waals surface area contributed by atoms with Gasteiger partial charge in [0.15, 0.2) is 5.03 Å². The molecule has 1 N–H and O–H groups in total. The Balaban J connectivity index is 2.20. The predicted octanol–water partition coefficient (Wildman–Crippen LogP) is 1.44. The summed E-state index contributed by atoms with van der Waals surface area (Å²) >= 11 is 0. The van der Waals surface area contributed by atoms with Gasteiger partial charge in [0.2, 0.25) is 0 Å². The lowest BCUT2D eigenvalue weighted by atomic mass is 10.4. The Kier molecular flexibility index (Phi) is 3.27. The van der Waals surface area contributed by atoms with Crippen molar-refractivity contribution in [2.75, 3.05) is 7.05 Å². The van der Waals surface area contributed by atoms with Crippen molar-refractivity contribution in [1.29, 1.82) is 0 Å². The van der Waals surface area contributed by atoms with Crippen molar-refractivity contribution < 1.29 is 12.8 Å². The minimum absolute atomic E-state index is 0.0887. The van der Waals surface area contributed by atoms with Crippen LogP contribution in [0.4, 0.5) is 0 Å². The lowest BCUT2D eigenvalue weighted by Gasteiger charge is -2.14. The molecule has 2 aromatic heterocycles. The standard InChI is InChI=1S/C11H15N3O3S/c1-8-4-5-10(17-8)7-14(3)18(15,16)11-6-12-9(2)13-11/h4-6H,7H2,1-3H3,(H,12,13). The van der Waals surface area contributed by atoms with E-state index in [-0.39, 0.29) is 11.6 Å². The molecular formula is C11H15N3O3S. The largest absolute Gasteiger partial charge is 0.465 e. The van der Waals surface area contributed by atoms with Crippen LogP contribution in [0, 0.1) is 13.8 Å². The molecule has 0 bridgehead atoms. The van der Waals surface area contributed by atoms with Gasteiger partial charge in [0.05, 0.1) is 12.7 Å². The molecule has 18 heavy (non-hydrogen) atoms. The fourth-order valence-electron chi connectivity index (χ4n) is 1.57. The molecule has 0 amide bonds. The third kappa shape index (κ3) is 2.46. The quantitative estimate of drug-likeness (QED) is 0.910. The van der Waals surface area contributed by atoms with Crippen molar-refractivity contribution in [3.63, 3.8) is 0 Å². The average molecular weight is 269 g/mol. The molecular weight excluding hydrogens is 254 g/mol. The molecule has 0 atom stereocenters. The summed E-state index contributed by atoms with van der Waals surface area (Å²) in [6, 6.07) is 3.57. The van der Waals surface area contributed by atoms with Crippen molar-refractivity contribution in [2.24, 2.45) is 0 Å². The number of imidazole rings is 1. The maximum absolute atomic E-state index is 12.2. The molecule has 98 valence electrons. The SMILES string of the molecule is Cc1ncc(S(=O)(=O)N(C)Cc2ccc(C)o2)[nH]1. The number of hydrogen-bond acceptors (Lipinski definition) is 4. The maximum atomic E-state index is 12.2. The summed E-state index contributed by atoms with van der Waals surface area (Å²) < 4.78 is 30.9. The highest BCUT2D eigenvalue weighted by molar-refractivity contribution is 7.89. The van der Waals surface area contributed by atoms with Crippen LogP contribution in [0.2, 0.25) is 0 Å². The van der Waals surface area contributed by atoms with Crippen LogP contribution >= 0.6 is 0 Å². The second-order valence-corrected chi connectivity index (χ2v) is 6.12. The van der Waals surface area contributed by atoms with Crippen LogP contribution in [-0.4, -0.2) is 29.7 Å². The number of aryl methyl sites for hydroxylation is 2. The van der Waals surface area contributed by atoms with E-state index < -0.39 is 10.0 Å². The number of rotatable bonds is 4. The Hall–Kier alpha value is -1.60. The molecule has 0 radical (unpaired) electrons. The zero-order valence-corrected chi connectivity index (χ0v) is 11.3. The van der Waals surface area contributed by atoms with Crippen molar-refractivity contribution >= 4 is 10.0 Å². The Morgan fingerprint density at radius 2 is 2.11 bits per heavy atom. The van der Waals surface area contributed by atoms with Crippen molar-refractivity contribution in [1.82, 2.24) is 14.3 Å². The number of furan rings is 1. The van der Waals surface area contributed by atoms with E-state index in [2.05, 4.69) is 9.97 Å². The first-order valence-corrected chi connectivity index (χ1v) is 6.87. The van der Waals surface area contributed by atoms with Gasteiger partial charge in [-0.05, 0) is 26.0 Å². The highest BCUT2D eigenvalue weighted by Crippen LogP contribution is 2.16. The molecule has 0 aromatic carbocycles. The number of H-pyrrole nitrogens is 1. The van der Waals surface area contributed by atoms with Gasteiger partial charge in [-0.25, -0.2) is 13.4 Å². The van der Waals surface area contributed by atoms with Crippen LogP contribution in [0.5, 0.6) is 0 Å². The number of nitrogens with one attached hydrogen (secondary N) is 1. The summed E-state index contributed by atoms with van der Waals surface area (Å²) in [5, 5.41) is 0.0887. The molecule has 0 spiro atoms. The lowest BCUT2D eigenvalue weighted by Crippen LogP contribution is -2.26. The molecule has 2 heterocycles. The van der Waals surface area contributed by atoms with Crippen molar-refractivity contribution in [3.05, 3.63) is 35.7 Å². The molecule has 0 saturated carbocycles. The maximum Gasteiger partial charge on any atom is 0.260 e. The molecule has 6 nitrogen and oxygen atoms in total. The summed E-state index contributed by atoms with van der Waals surface area (Å²) in [7, 11) is -2.05. The first-order valence-electron chi connectivity index (χ1n) is 5.43. The van der Waals surface area contributed by atoms with E-state index in [0.717, 1.165) is 5.76 Å². The Bertz CT molecular complexity index is 642. The topological polar surface area (TPSA) is 79.2 Å². The molecule has 0 aliphatic heterocycles. The number of nitrogens with zero attached hydrogens (tertiary/aromatic N) is 2. The van der Waals surface area contributed by atoms with Crippen LogP contribution < -0.4 is 0 Å². The predicted molar refractivity (Wildman–Crippen MR) is 65.4 cm³/mol. The first-order chi connectivity index (χ1) is 8.39. The zero-order chi connectivity index (χ0) is 13.3. The van der Waals surface area contributed by atoms with Gasteiger partial charge in [-0.3, -0.25) is 0 Å². The van der Waals surface area contributed by atoms with Gasteiger partial charge in [0.1, 0.15) is 17.3 Å². The molecule has 2 aromatic rings. The third-order valence-electron chi connectivity index (χ3n) is 2.54. The second-order valence-electron chi connectivity index (χ2n) is 4.11. The van der Waals surface area contributed by atoms with E-state index >= 15 is 0 Å². The van der Waals surface area contributed by atoms with Gasteiger partial charge >= 0.3 is 0 Å². The third-order valence-corrected chi connectivity index (χ3v) is 4.26. The fraction of sp³-hybridized carbons (Fsp3) is 0.364. The van der Waals surface area contributed by atoms with E-state index in [9.17, 15) is 8.42 Å². The van der Waals surface area contributed by atoms with Crippen LogP contribution in [0.1, 0.15) is 17.3 Å². The number of sulfonamides is 1. The van der Waals surface area contributed by atoms with Gasteiger partial charge in [0.25, 0.3) is 10.0 Å². The minimum Gasteiger partial charge on any atom is -0.465 e. The van der Waals surface area contributed by atoms with Crippen molar-refractivity contribution in [3.8, 4) is 0 Å². The van der Waals surface area contributed by atoms with Gasteiger partial charge < -0.3 is 9.40 Å². The van der Waals surface area contributed by atoms with E-state index in [4.69, 9.17) is 4.42 Å². The highest BCUT2D eigenvalue weighted by atomic mass is 32.2. The molecule has 2 rings (SSSR count). The summed E-state index contributed by atoms with van der Waals surface area (Å²) in [5.41, 5.74) is 0. The van der Waals surface area contributed by atoms with E-state index in [0.29, 0.717) is 11.6 Å². The minimum atomic E-state index is -3.55.